The molecule has 0 saturated heterocycles. The second-order valence-corrected chi connectivity index (χ2v) is 12.2. The van der Waals surface area contributed by atoms with E-state index in [0.29, 0.717) is 29.8 Å². The van der Waals surface area contributed by atoms with E-state index in [9.17, 15) is 14.9 Å². The standard InChI is InChI=1S/C39H43N5O4/c1-9-25-21(3)30-18-32-23(5)27(13-15-36(45)47-7)38(43-32)29(12-11-17-40)39-28(14-16-37(46)48-8)24(6)33(44-39)20-35-26(10-2)22(4)31(42-35)19-34(25)41-30/h11-12,18-20,41-42H,9-10,13-16H2,1-8H3. The van der Waals surface area contributed by atoms with Crippen LogP contribution in [0.4, 0.5) is 0 Å². The normalized spacial score (nSPS) is 13.0. The molecule has 9 nitrogen and oxygen atoms in total. The number of nitrogens with one attached hydrogen (secondary N) is 2. The zero-order valence-electron chi connectivity index (χ0n) is 29.1. The summed E-state index contributed by atoms with van der Waals surface area (Å²) < 4.78 is 9.99. The predicted molar refractivity (Wildman–Crippen MR) is 191 cm³/mol. The smallest absolute Gasteiger partial charge is 0.305 e. The van der Waals surface area contributed by atoms with Crippen molar-refractivity contribution < 1.29 is 19.1 Å². The molecule has 5 heterocycles. The number of hydrogen-bond acceptors (Lipinski definition) is 7. The highest BCUT2D eigenvalue weighted by Crippen LogP contribution is 2.41. The Labute approximate surface area is 281 Å². The lowest BCUT2D eigenvalue weighted by Crippen LogP contribution is -2.02. The van der Waals surface area contributed by atoms with Crippen molar-refractivity contribution in [1.29, 1.82) is 5.26 Å². The number of aryl methyl sites for hydroxylation is 4. The fourth-order valence-corrected chi connectivity index (χ4v) is 6.82. The number of fused-ring (bicyclic) bond motifs is 8. The number of allylic oxidation sites excluding steroid dienone is 5. The molecule has 0 aromatic carbocycles. The molecule has 0 aliphatic carbocycles. The molecule has 0 atom stereocenters. The molecular formula is C39H43N5O4. The van der Waals surface area contributed by atoms with Crippen molar-refractivity contribution in [1.82, 2.24) is 19.9 Å². The Morgan fingerprint density at radius 1 is 0.750 bits per heavy atom. The predicted octanol–water partition coefficient (Wildman–Crippen LogP) is 8.36. The first-order valence-corrected chi connectivity index (χ1v) is 16.4. The van der Waals surface area contributed by atoms with Crippen LogP contribution in [0.2, 0.25) is 0 Å². The Balaban J connectivity index is 2.00. The third kappa shape index (κ3) is 6.35. The molecular weight excluding hydrogens is 602 g/mol. The second kappa shape index (κ2) is 14.3. The quantitative estimate of drug-likeness (QED) is 0.176. The lowest BCUT2D eigenvalue weighted by Gasteiger charge is -2.10. The summed E-state index contributed by atoms with van der Waals surface area (Å²) in [6.45, 7) is 12.6. The molecule has 3 aromatic rings. The average molecular weight is 646 g/mol. The van der Waals surface area contributed by atoms with E-state index in [1.54, 1.807) is 6.08 Å². The van der Waals surface area contributed by atoms with Gasteiger partial charge in [-0.2, -0.15) is 5.26 Å². The van der Waals surface area contributed by atoms with Gasteiger partial charge in [-0.3, -0.25) is 9.59 Å². The molecule has 2 N–H and O–H groups in total. The molecule has 0 radical (unpaired) electrons. The van der Waals surface area contributed by atoms with E-state index < -0.39 is 0 Å². The second-order valence-electron chi connectivity index (χ2n) is 12.2. The third-order valence-corrected chi connectivity index (χ3v) is 9.62. The van der Waals surface area contributed by atoms with E-state index in [1.165, 1.54) is 37.0 Å². The maximum Gasteiger partial charge on any atom is 0.305 e. The van der Waals surface area contributed by atoms with Gasteiger partial charge >= 0.3 is 11.9 Å². The molecule has 0 unspecified atom stereocenters. The van der Waals surface area contributed by atoms with Gasteiger partial charge in [0.1, 0.15) is 0 Å². The van der Waals surface area contributed by atoms with Gasteiger partial charge in [-0.1, -0.05) is 13.8 Å². The van der Waals surface area contributed by atoms with E-state index >= 15 is 0 Å². The number of aromatic nitrogens is 4. The summed E-state index contributed by atoms with van der Waals surface area (Å²) in [7, 11) is 2.76. The number of nitriles is 1. The summed E-state index contributed by atoms with van der Waals surface area (Å²) in [4.78, 5) is 42.5. The van der Waals surface area contributed by atoms with Crippen molar-refractivity contribution >= 4 is 62.4 Å². The molecule has 2 aliphatic heterocycles. The molecule has 2 aliphatic rings. The van der Waals surface area contributed by atoms with Crippen LogP contribution in [0.15, 0.2) is 24.3 Å². The largest absolute Gasteiger partial charge is 0.469 e. The van der Waals surface area contributed by atoms with E-state index in [-0.39, 0.29) is 24.8 Å². The molecule has 248 valence electrons. The van der Waals surface area contributed by atoms with Crippen molar-refractivity contribution in [2.45, 2.75) is 80.1 Å². The lowest BCUT2D eigenvalue weighted by atomic mass is 9.93. The number of hydrogen-bond donors (Lipinski definition) is 2. The summed E-state index contributed by atoms with van der Waals surface area (Å²) in [5.74, 6) is -0.643. The van der Waals surface area contributed by atoms with Crippen LogP contribution in [0.1, 0.15) is 104 Å². The Bertz CT molecular complexity index is 2120. The van der Waals surface area contributed by atoms with Crippen LogP contribution >= 0.6 is 0 Å². The molecule has 0 fully saturated rings. The maximum absolute atomic E-state index is 12.4. The average Bonchev–Trinajstić information content (AvgIpc) is 3.75. The minimum atomic E-state index is -0.322. The number of carbonyl (C=O) groups excluding carboxylic acids is 2. The molecule has 8 bridgehead atoms. The van der Waals surface area contributed by atoms with Crippen molar-refractivity contribution in [2.24, 2.45) is 0 Å². The summed E-state index contributed by atoms with van der Waals surface area (Å²) in [6, 6.07) is 8.46. The van der Waals surface area contributed by atoms with Crippen LogP contribution < -0.4 is 0 Å². The third-order valence-electron chi connectivity index (χ3n) is 9.62. The highest BCUT2D eigenvalue weighted by molar-refractivity contribution is 6.00. The first kappa shape index (κ1) is 34.1. The van der Waals surface area contributed by atoms with Crippen LogP contribution in [0, 0.1) is 25.2 Å². The zero-order chi connectivity index (χ0) is 34.7. The number of esters is 2. The maximum atomic E-state index is 12.4. The molecule has 48 heavy (non-hydrogen) atoms. The van der Waals surface area contributed by atoms with Gasteiger partial charge in [-0.25, -0.2) is 9.97 Å². The van der Waals surface area contributed by atoms with Crippen LogP contribution in [-0.4, -0.2) is 46.1 Å². The summed E-state index contributed by atoms with van der Waals surface area (Å²) in [5.41, 5.74) is 15.9. The number of carbonyl (C=O) groups is 2. The van der Waals surface area contributed by atoms with Crippen LogP contribution in [0.3, 0.4) is 0 Å². The van der Waals surface area contributed by atoms with Gasteiger partial charge in [-0.05, 0) is 122 Å². The number of aromatic amines is 2. The highest BCUT2D eigenvalue weighted by atomic mass is 16.5. The van der Waals surface area contributed by atoms with Gasteiger partial charge in [0, 0.05) is 46.5 Å². The van der Waals surface area contributed by atoms with Crippen molar-refractivity contribution in [3.63, 3.8) is 0 Å². The topological polar surface area (TPSA) is 134 Å². The zero-order valence-corrected chi connectivity index (χ0v) is 29.1. The number of methoxy groups -OCH3 is 2. The van der Waals surface area contributed by atoms with Gasteiger partial charge in [-0.15, -0.1) is 0 Å². The van der Waals surface area contributed by atoms with Crippen LogP contribution in [-0.2, 0) is 31.9 Å². The Morgan fingerprint density at radius 3 is 1.62 bits per heavy atom. The van der Waals surface area contributed by atoms with Crippen molar-refractivity contribution in [2.75, 3.05) is 14.2 Å². The highest BCUT2D eigenvalue weighted by Gasteiger charge is 2.27. The van der Waals surface area contributed by atoms with Gasteiger partial charge in [0.2, 0.25) is 0 Å². The van der Waals surface area contributed by atoms with E-state index in [0.717, 1.165) is 74.2 Å². The van der Waals surface area contributed by atoms with Crippen molar-refractivity contribution in [3.05, 3.63) is 74.9 Å². The SMILES string of the molecule is CCc1c(C)c2cc3[nH]c(cc4nc(c(C=CC#N)c5nc(cc1[nH]2)C(C)=C5CCC(=O)OC)C(CCC(=O)OC)=C4C)c(C)c3CC. The summed E-state index contributed by atoms with van der Waals surface area (Å²) >= 11 is 0. The Hall–Kier alpha value is -5.23. The number of H-pyrrole nitrogens is 2. The number of rotatable bonds is 9. The molecule has 0 saturated carbocycles. The Morgan fingerprint density at radius 2 is 1.19 bits per heavy atom. The van der Waals surface area contributed by atoms with Crippen LogP contribution in [0.25, 0.3) is 50.4 Å². The van der Waals surface area contributed by atoms with Gasteiger partial charge in [0.15, 0.2) is 0 Å². The van der Waals surface area contributed by atoms with E-state index in [1.807, 2.05) is 13.8 Å². The van der Waals surface area contributed by atoms with E-state index in [4.69, 9.17) is 19.4 Å². The fourth-order valence-electron chi connectivity index (χ4n) is 6.82. The van der Waals surface area contributed by atoms with Gasteiger partial charge in [0.05, 0.1) is 43.1 Å². The van der Waals surface area contributed by atoms with E-state index in [2.05, 4.69) is 61.9 Å². The van der Waals surface area contributed by atoms with Gasteiger partial charge < -0.3 is 19.4 Å². The summed E-state index contributed by atoms with van der Waals surface area (Å²) in [6.07, 6.45) is 5.96. The monoisotopic (exact) mass is 645 g/mol. The molecule has 0 amide bonds. The first-order valence-electron chi connectivity index (χ1n) is 16.4. The van der Waals surface area contributed by atoms with Crippen molar-refractivity contribution in [3.8, 4) is 6.07 Å². The molecule has 3 aromatic heterocycles. The fraction of sp³-hybridized carbons (Fsp3) is 0.359. The lowest BCUT2D eigenvalue weighted by molar-refractivity contribution is -0.141. The minimum absolute atomic E-state index is 0.168. The Kier molecular flexibility index (Phi) is 10.1. The summed E-state index contributed by atoms with van der Waals surface area (Å²) in [5, 5.41) is 9.68. The number of nitrogens with zero attached hydrogens (tertiary/aromatic N) is 3. The number of ether oxygens (including phenoxy) is 2. The molecule has 5 rings (SSSR count). The minimum Gasteiger partial charge on any atom is -0.469 e. The molecule has 0 spiro atoms. The first-order chi connectivity index (χ1) is 23.1. The van der Waals surface area contributed by atoms with Gasteiger partial charge in [0.25, 0.3) is 0 Å². The van der Waals surface area contributed by atoms with Crippen LogP contribution in [0.5, 0.6) is 0 Å². The molecule has 9 heteroatoms.